The Bertz CT molecular complexity index is 1110. The zero-order valence-corrected chi connectivity index (χ0v) is 13.2. The number of benzene rings is 3. The highest BCUT2D eigenvalue weighted by Crippen LogP contribution is 2.39. The molecule has 0 saturated heterocycles. The number of amides is 1. The summed E-state index contributed by atoms with van der Waals surface area (Å²) >= 11 is 0. The molecule has 1 amide bonds. The van der Waals surface area contributed by atoms with Crippen molar-refractivity contribution in [1.82, 2.24) is 0 Å². The molecule has 3 nitrogen and oxygen atoms in total. The number of fused-ring (bicyclic) bond motifs is 5. The summed E-state index contributed by atoms with van der Waals surface area (Å²) in [6.45, 7) is 2.67. The molecule has 5 rings (SSSR count). The maximum Gasteiger partial charge on any atom is 0.262 e. The fourth-order valence-electron chi connectivity index (χ4n) is 3.72. The zero-order chi connectivity index (χ0) is 16.3. The lowest BCUT2D eigenvalue weighted by Crippen LogP contribution is -2.22. The highest BCUT2D eigenvalue weighted by atomic mass is 16.3. The van der Waals surface area contributed by atoms with Gasteiger partial charge < -0.3 is 9.32 Å². The Balaban J connectivity index is 1.79. The van der Waals surface area contributed by atoms with E-state index in [-0.39, 0.29) is 5.91 Å². The summed E-state index contributed by atoms with van der Waals surface area (Å²) in [6, 6.07) is 19.9. The minimum atomic E-state index is 0.0141. The molecule has 0 fully saturated rings. The molecule has 3 aromatic carbocycles. The molecule has 2 heterocycles. The highest BCUT2D eigenvalue weighted by Gasteiger charge is 2.33. The molecule has 0 saturated carbocycles. The molecule has 0 N–H and O–H groups in total. The summed E-state index contributed by atoms with van der Waals surface area (Å²) in [7, 11) is 0. The molecule has 1 aliphatic rings. The van der Waals surface area contributed by atoms with Gasteiger partial charge in [-0.05, 0) is 36.2 Å². The van der Waals surface area contributed by atoms with Crippen LogP contribution in [0.3, 0.4) is 0 Å². The summed E-state index contributed by atoms with van der Waals surface area (Å²) in [5.74, 6) is 0.0141. The number of carbonyl (C=O) groups is 1. The van der Waals surface area contributed by atoms with Crippen LogP contribution in [0.25, 0.3) is 21.9 Å². The lowest BCUT2D eigenvalue weighted by molar-refractivity contribution is 0.0997. The van der Waals surface area contributed by atoms with Crippen LogP contribution >= 0.6 is 0 Å². The van der Waals surface area contributed by atoms with Gasteiger partial charge in [-0.1, -0.05) is 42.5 Å². The quantitative estimate of drug-likeness (QED) is 0.492. The first-order chi connectivity index (χ1) is 11.7. The number of anilines is 1. The second kappa shape index (κ2) is 4.71. The summed E-state index contributed by atoms with van der Waals surface area (Å²) in [5.41, 5.74) is 5.35. The van der Waals surface area contributed by atoms with Crippen LogP contribution in [0.5, 0.6) is 0 Å². The molecule has 0 atom stereocenters. The van der Waals surface area contributed by atoms with Gasteiger partial charge >= 0.3 is 0 Å². The number of carbonyl (C=O) groups excluding carboxylic acids is 1. The topological polar surface area (TPSA) is 33.5 Å². The number of rotatable bonds is 1. The summed E-state index contributed by atoms with van der Waals surface area (Å²) < 4.78 is 6.08. The van der Waals surface area contributed by atoms with Crippen LogP contribution in [-0.4, -0.2) is 5.91 Å². The van der Waals surface area contributed by atoms with Crippen molar-refractivity contribution in [1.29, 1.82) is 0 Å². The van der Waals surface area contributed by atoms with E-state index in [1.54, 1.807) is 0 Å². The van der Waals surface area contributed by atoms with Crippen molar-refractivity contribution in [3.63, 3.8) is 0 Å². The second-order valence-electron chi connectivity index (χ2n) is 6.26. The third kappa shape index (κ3) is 1.69. The van der Waals surface area contributed by atoms with Crippen LogP contribution in [0, 0.1) is 6.92 Å². The molecule has 0 bridgehead atoms. The van der Waals surface area contributed by atoms with E-state index in [1.807, 2.05) is 53.4 Å². The van der Waals surface area contributed by atoms with E-state index in [0.717, 1.165) is 38.8 Å². The highest BCUT2D eigenvalue weighted by molar-refractivity contribution is 6.20. The number of hydrogen-bond acceptors (Lipinski definition) is 2. The van der Waals surface area contributed by atoms with Crippen LogP contribution in [0.2, 0.25) is 0 Å². The minimum Gasteiger partial charge on any atom is -0.455 e. The number of hydrogen-bond donors (Lipinski definition) is 0. The number of nitrogens with zero attached hydrogens (tertiary/aromatic N) is 1. The minimum absolute atomic E-state index is 0.0141. The number of para-hydroxylation sites is 2. The normalized spacial score (nSPS) is 13.9. The van der Waals surface area contributed by atoms with Gasteiger partial charge in [0.2, 0.25) is 0 Å². The van der Waals surface area contributed by atoms with Crippen LogP contribution in [0.1, 0.15) is 21.5 Å². The van der Waals surface area contributed by atoms with Crippen LogP contribution in [0.15, 0.2) is 65.1 Å². The molecule has 0 spiro atoms. The van der Waals surface area contributed by atoms with Gasteiger partial charge in [-0.25, -0.2) is 0 Å². The second-order valence-corrected chi connectivity index (χ2v) is 6.26. The Hall–Kier alpha value is -3.07. The molecular weight excluding hydrogens is 298 g/mol. The standard InChI is InChI=1S/C21H15NO2/c1-13-11-14-12-22(15-7-3-2-4-8-15)21(23)19(14)20-18(13)16-9-5-6-10-17(16)24-20/h2-11H,12H2,1H3. The van der Waals surface area contributed by atoms with Gasteiger partial charge in [0.25, 0.3) is 5.91 Å². The number of aryl methyl sites for hydroxylation is 1. The maximum atomic E-state index is 13.1. The van der Waals surface area contributed by atoms with Crippen LogP contribution in [-0.2, 0) is 6.54 Å². The molecular formula is C21H15NO2. The molecule has 0 unspecified atom stereocenters. The fourth-order valence-corrected chi connectivity index (χ4v) is 3.72. The van der Waals surface area contributed by atoms with Crippen molar-refractivity contribution >= 4 is 33.5 Å². The Kier molecular flexibility index (Phi) is 2.63. The van der Waals surface area contributed by atoms with Crippen molar-refractivity contribution < 1.29 is 9.21 Å². The third-order valence-corrected chi connectivity index (χ3v) is 4.78. The lowest BCUT2D eigenvalue weighted by atomic mass is 10.0. The third-order valence-electron chi connectivity index (χ3n) is 4.78. The smallest absolute Gasteiger partial charge is 0.262 e. The van der Waals surface area contributed by atoms with Gasteiger partial charge in [-0.15, -0.1) is 0 Å². The van der Waals surface area contributed by atoms with Crippen molar-refractivity contribution in [3.05, 3.63) is 77.4 Å². The average Bonchev–Trinajstić information content (AvgIpc) is 3.14. The summed E-state index contributed by atoms with van der Waals surface area (Å²) in [5, 5.41) is 2.12. The molecule has 1 aromatic heterocycles. The van der Waals surface area contributed by atoms with Crippen molar-refractivity contribution in [2.45, 2.75) is 13.5 Å². The first-order valence-corrected chi connectivity index (χ1v) is 8.04. The largest absolute Gasteiger partial charge is 0.455 e. The van der Waals surface area contributed by atoms with Crippen molar-refractivity contribution in [2.24, 2.45) is 0 Å². The molecule has 0 radical (unpaired) electrons. The van der Waals surface area contributed by atoms with E-state index in [1.165, 1.54) is 0 Å². The molecule has 0 aliphatic carbocycles. The molecule has 1 aliphatic heterocycles. The van der Waals surface area contributed by atoms with E-state index in [0.29, 0.717) is 12.1 Å². The van der Waals surface area contributed by atoms with E-state index in [9.17, 15) is 4.79 Å². The Labute approximate surface area is 139 Å². The average molecular weight is 313 g/mol. The lowest BCUT2D eigenvalue weighted by Gasteiger charge is -2.15. The van der Waals surface area contributed by atoms with Crippen molar-refractivity contribution in [2.75, 3.05) is 4.90 Å². The molecule has 4 aromatic rings. The van der Waals surface area contributed by atoms with Gasteiger partial charge in [-0.3, -0.25) is 4.79 Å². The van der Waals surface area contributed by atoms with Gasteiger partial charge in [-0.2, -0.15) is 0 Å². The zero-order valence-electron chi connectivity index (χ0n) is 13.2. The van der Waals surface area contributed by atoms with Gasteiger partial charge in [0.05, 0.1) is 12.1 Å². The van der Waals surface area contributed by atoms with Crippen LogP contribution < -0.4 is 4.90 Å². The van der Waals surface area contributed by atoms with Gasteiger partial charge in [0, 0.05) is 16.5 Å². The Morgan fingerprint density at radius 2 is 1.75 bits per heavy atom. The first-order valence-electron chi connectivity index (χ1n) is 8.04. The van der Waals surface area contributed by atoms with Gasteiger partial charge in [0.15, 0.2) is 0 Å². The Morgan fingerprint density at radius 3 is 2.58 bits per heavy atom. The van der Waals surface area contributed by atoms with E-state index in [4.69, 9.17) is 4.42 Å². The van der Waals surface area contributed by atoms with E-state index < -0.39 is 0 Å². The fraction of sp³-hybridized carbons (Fsp3) is 0.0952. The van der Waals surface area contributed by atoms with E-state index in [2.05, 4.69) is 19.1 Å². The Morgan fingerprint density at radius 1 is 1.00 bits per heavy atom. The summed E-state index contributed by atoms with van der Waals surface area (Å²) in [6.07, 6.45) is 0. The summed E-state index contributed by atoms with van der Waals surface area (Å²) in [4.78, 5) is 14.9. The molecule has 24 heavy (non-hydrogen) atoms. The predicted octanol–water partition coefficient (Wildman–Crippen LogP) is 5.05. The molecule has 3 heteroatoms. The SMILES string of the molecule is Cc1cc2c(c3oc4ccccc4c13)C(=O)N(c1ccccc1)C2. The van der Waals surface area contributed by atoms with Crippen LogP contribution in [0.4, 0.5) is 5.69 Å². The van der Waals surface area contributed by atoms with E-state index >= 15 is 0 Å². The first kappa shape index (κ1) is 13.4. The monoisotopic (exact) mass is 313 g/mol. The van der Waals surface area contributed by atoms with Crippen molar-refractivity contribution in [3.8, 4) is 0 Å². The van der Waals surface area contributed by atoms with Gasteiger partial charge in [0.1, 0.15) is 11.2 Å². The molecule has 116 valence electrons. The number of furan rings is 1. The predicted molar refractivity (Wildman–Crippen MR) is 95.4 cm³/mol. The maximum absolute atomic E-state index is 13.1.